The van der Waals surface area contributed by atoms with E-state index >= 15 is 0 Å². The van der Waals surface area contributed by atoms with Gasteiger partial charge in [0.15, 0.2) is 11.5 Å². The molecule has 0 fully saturated rings. The highest BCUT2D eigenvalue weighted by atomic mass is 32.2. The number of thioether (sulfide) groups is 1. The molecule has 0 bridgehead atoms. The van der Waals surface area contributed by atoms with Gasteiger partial charge >= 0.3 is 5.97 Å². The zero-order valence-corrected chi connectivity index (χ0v) is 16.2. The monoisotopic (exact) mass is 389 g/mol. The number of hydrogen-bond donors (Lipinski definition) is 1. The van der Waals surface area contributed by atoms with E-state index in [2.05, 4.69) is 15.2 Å². The van der Waals surface area contributed by atoms with E-state index in [0.29, 0.717) is 28.3 Å². The fraction of sp³-hybridized carbons (Fsp3) is 0.333. The second kappa shape index (κ2) is 7.83. The number of nitrogens with zero attached hydrogens (tertiary/aromatic N) is 2. The molecule has 0 aromatic carbocycles. The van der Waals surface area contributed by atoms with E-state index in [9.17, 15) is 9.59 Å². The molecular formula is C18H19N3O5S. The summed E-state index contributed by atoms with van der Waals surface area (Å²) in [6.45, 7) is 7.21. The van der Waals surface area contributed by atoms with E-state index in [4.69, 9.17) is 13.6 Å². The van der Waals surface area contributed by atoms with Crippen molar-refractivity contribution >= 4 is 23.5 Å². The van der Waals surface area contributed by atoms with Crippen LogP contribution in [-0.2, 0) is 4.74 Å². The Bertz CT molecular complexity index is 958. The Kier molecular flexibility index (Phi) is 5.50. The molecule has 27 heavy (non-hydrogen) atoms. The van der Waals surface area contributed by atoms with Crippen molar-refractivity contribution in [3.05, 3.63) is 40.9 Å². The van der Waals surface area contributed by atoms with Gasteiger partial charge in [0.25, 0.3) is 11.1 Å². The van der Waals surface area contributed by atoms with Gasteiger partial charge in [-0.25, -0.2) is 4.79 Å². The molecule has 0 aliphatic carbocycles. The van der Waals surface area contributed by atoms with Crippen LogP contribution in [0.5, 0.6) is 0 Å². The Hall–Kier alpha value is -2.81. The van der Waals surface area contributed by atoms with Crippen LogP contribution < -0.4 is 0 Å². The number of ketones is 1. The fourth-order valence-corrected chi connectivity index (χ4v) is 3.41. The molecule has 0 saturated heterocycles. The summed E-state index contributed by atoms with van der Waals surface area (Å²) in [5.41, 5.74) is 1.95. The third-order valence-corrected chi connectivity index (χ3v) is 4.88. The van der Waals surface area contributed by atoms with E-state index in [1.807, 2.05) is 0 Å². The Morgan fingerprint density at radius 1 is 1.33 bits per heavy atom. The minimum absolute atomic E-state index is 0.172. The number of carbonyl (C=O) groups excluding carboxylic acids is 2. The topological polar surface area (TPSA) is 111 Å². The number of aromatic nitrogens is 3. The minimum Gasteiger partial charge on any atom is -0.462 e. The molecule has 0 amide bonds. The summed E-state index contributed by atoms with van der Waals surface area (Å²) < 4.78 is 15.8. The van der Waals surface area contributed by atoms with Crippen LogP contribution in [0.25, 0.3) is 11.7 Å². The quantitative estimate of drug-likeness (QED) is 0.369. The SMILES string of the molecule is CCOC(=O)c1c(C)[nH]c(C(=O)C(C)Sc2nnc(-c3ccco3)o2)c1C. The van der Waals surface area contributed by atoms with Crippen molar-refractivity contribution in [2.24, 2.45) is 0 Å². The Morgan fingerprint density at radius 3 is 2.78 bits per heavy atom. The number of nitrogens with one attached hydrogen (secondary N) is 1. The molecule has 0 saturated carbocycles. The maximum absolute atomic E-state index is 12.8. The molecule has 3 aromatic heterocycles. The molecule has 3 heterocycles. The van der Waals surface area contributed by atoms with E-state index in [0.717, 1.165) is 11.8 Å². The lowest BCUT2D eigenvalue weighted by atomic mass is 10.1. The zero-order chi connectivity index (χ0) is 19.6. The summed E-state index contributed by atoms with van der Waals surface area (Å²) in [5, 5.41) is 7.61. The molecule has 142 valence electrons. The Morgan fingerprint density at radius 2 is 2.11 bits per heavy atom. The molecular weight excluding hydrogens is 370 g/mol. The maximum atomic E-state index is 12.8. The van der Waals surface area contributed by atoms with Gasteiger partial charge in [0.1, 0.15) is 0 Å². The lowest BCUT2D eigenvalue weighted by molar-refractivity contribution is 0.0525. The van der Waals surface area contributed by atoms with Gasteiger partial charge in [-0.15, -0.1) is 10.2 Å². The second-order valence-corrected chi connectivity index (χ2v) is 7.11. The average Bonchev–Trinajstić information content (AvgIpc) is 3.35. The number of hydrogen-bond acceptors (Lipinski definition) is 8. The van der Waals surface area contributed by atoms with Gasteiger partial charge in [0.2, 0.25) is 0 Å². The van der Waals surface area contributed by atoms with E-state index in [-0.39, 0.29) is 23.5 Å². The molecule has 0 aliphatic heterocycles. The van der Waals surface area contributed by atoms with Crippen LogP contribution in [0, 0.1) is 13.8 Å². The molecule has 1 N–H and O–H groups in total. The number of furan rings is 1. The molecule has 1 unspecified atom stereocenters. The van der Waals surface area contributed by atoms with Crippen molar-refractivity contribution in [3.8, 4) is 11.7 Å². The first kappa shape index (κ1) is 19.0. The van der Waals surface area contributed by atoms with Crippen LogP contribution in [-0.4, -0.2) is 38.8 Å². The first-order valence-electron chi connectivity index (χ1n) is 8.36. The largest absolute Gasteiger partial charge is 0.462 e. The highest BCUT2D eigenvalue weighted by molar-refractivity contribution is 8.00. The maximum Gasteiger partial charge on any atom is 0.340 e. The summed E-state index contributed by atoms with van der Waals surface area (Å²) >= 11 is 1.14. The lowest BCUT2D eigenvalue weighted by Gasteiger charge is -2.07. The molecule has 0 spiro atoms. The van der Waals surface area contributed by atoms with Crippen molar-refractivity contribution < 1.29 is 23.2 Å². The van der Waals surface area contributed by atoms with E-state index in [1.165, 1.54) is 6.26 Å². The van der Waals surface area contributed by atoms with Crippen LogP contribution in [0.2, 0.25) is 0 Å². The highest BCUT2D eigenvalue weighted by Gasteiger charge is 2.27. The van der Waals surface area contributed by atoms with Gasteiger partial charge in [-0.05, 0) is 45.4 Å². The molecule has 3 rings (SSSR count). The average molecular weight is 389 g/mol. The van der Waals surface area contributed by atoms with Gasteiger partial charge in [-0.1, -0.05) is 11.8 Å². The van der Waals surface area contributed by atoms with E-state index < -0.39 is 11.2 Å². The standard InChI is InChI=1S/C18H19N3O5S/c1-5-24-17(23)13-9(2)14(19-10(13)3)15(22)11(4)27-18-21-20-16(26-18)12-7-6-8-25-12/h6-8,11,19H,5H2,1-4H3. The number of Topliss-reactive ketones (excluding diaryl/α,β-unsaturated/α-hetero) is 1. The number of aromatic amines is 1. The normalized spacial score (nSPS) is 12.1. The van der Waals surface area contributed by atoms with Crippen molar-refractivity contribution in [1.29, 1.82) is 0 Å². The molecule has 8 nitrogen and oxygen atoms in total. The molecule has 1 atom stereocenters. The van der Waals surface area contributed by atoms with Crippen LogP contribution in [0.4, 0.5) is 0 Å². The molecule has 0 radical (unpaired) electrons. The van der Waals surface area contributed by atoms with Crippen molar-refractivity contribution in [2.75, 3.05) is 6.61 Å². The molecule has 9 heteroatoms. The number of esters is 1. The van der Waals surface area contributed by atoms with Crippen LogP contribution in [0.3, 0.4) is 0 Å². The number of ether oxygens (including phenoxy) is 1. The van der Waals surface area contributed by atoms with Crippen molar-refractivity contribution in [2.45, 2.75) is 38.2 Å². The third-order valence-electron chi connectivity index (χ3n) is 3.95. The fourth-order valence-electron chi connectivity index (χ4n) is 2.67. The van der Waals surface area contributed by atoms with Crippen LogP contribution in [0.1, 0.15) is 46.0 Å². The molecule has 0 aliphatic rings. The summed E-state index contributed by atoms with van der Waals surface area (Å²) in [7, 11) is 0. The zero-order valence-electron chi connectivity index (χ0n) is 15.4. The van der Waals surface area contributed by atoms with Gasteiger partial charge in [0, 0.05) is 5.69 Å². The predicted molar refractivity (Wildman–Crippen MR) is 97.9 cm³/mol. The second-order valence-electron chi connectivity index (χ2n) is 5.82. The number of carbonyl (C=O) groups is 2. The summed E-state index contributed by atoms with van der Waals surface area (Å²) in [4.78, 5) is 27.9. The van der Waals surface area contributed by atoms with Crippen molar-refractivity contribution in [1.82, 2.24) is 15.2 Å². The minimum atomic E-state index is -0.498. The first-order chi connectivity index (χ1) is 12.9. The molecule has 3 aromatic rings. The van der Waals surface area contributed by atoms with Gasteiger partial charge < -0.3 is 18.6 Å². The van der Waals surface area contributed by atoms with Gasteiger partial charge in [0.05, 0.1) is 29.4 Å². The third kappa shape index (κ3) is 3.82. The smallest absolute Gasteiger partial charge is 0.340 e. The van der Waals surface area contributed by atoms with Crippen LogP contribution >= 0.6 is 11.8 Å². The summed E-state index contributed by atoms with van der Waals surface area (Å²) in [6.07, 6.45) is 1.51. The number of H-pyrrole nitrogens is 1. The van der Waals surface area contributed by atoms with Gasteiger partial charge in [-0.2, -0.15) is 0 Å². The number of aryl methyl sites for hydroxylation is 1. The lowest BCUT2D eigenvalue weighted by Crippen LogP contribution is -2.15. The van der Waals surface area contributed by atoms with E-state index in [1.54, 1.807) is 39.8 Å². The summed E-state index contributed by atoms with van der Waals surface area (Å²) in [6, 6.07) is 3.43. The Labute approximate surface area is 159 Å². The van der Waals surface area contributed by atoms with Crippen molar-refractivity contribution in [3.63, 3.8) is 0 Å². The Balaban J connectivity index is 1.76. The first-order valence-corrected chi connectivity index (χ1v) is 9.24. The van der Waals surface area contributed by atoms with Crippen LogP contribution in [0.15, 0.2) is 32.5 Å². The van der Waals surface area contributed by atoms with Gasteiger partial charge in [-0.3, -0.25) is 4.79 Å². The predicted octanol–water partition coefficient (Wildman–Crippen LogP) is 3.81. The summed E-state index contributed by atoms with van der Waals surface area (Å²) in [5.74, 6) is 0.0962. The highest BCUT2D eigenvalue weighted by Crippen LogP contribution is 2.29. The number of rotatable bonds is 7.